The molecule has 0 atom stereocenters. The minimum absolute atomic E-state index is 0.130. The van der Waals surface area contributed by atoms with Crippen LogP contribution in [-0.4, -0.2) is 15.6 Å². The van der Waals surface area contributed by atoms with E-state index >= 15 is 0 Å². The Morgan fingerprint density at radius 1 is 1.44 bits per heavy atom. The van der Waals surface area contributed by atoms with Gasteiger partial charge in [0.15, 0.2) is 0 Å². The number of aromatic nitrogens is 2. The van der Waals surface area contributed by atoms with Crippen LogP contribution in [0.4, 0.5) is 0 Å². The van der Waals surface area contributed by atoms with Gasteiger partial charge >= 0.3 is 0 Å². The molecule has 2 aromatic rings. The van der Waals surface area contributed by atoms with Crippen LogP contribution in [0, 0.1) is 0 Å². The molecule has 0 saturated carbocycles. The maximum Gasteiger partial charge on any atom is 0.213 e. The lowest BCUT2D eigenvalue weighted by atomic mass is 10.1. The van der Waals surface area contributed by atoms with E-state index in [9.17, 15) is 4.79 Å². The van der Waals surface area contributed by atoms with Crippen LogP contribution in [0.5, 0.6) is 0 Å². The van der Waals surface area contributed by atoms with Crippen LogP contribution < -0.4 is 0 Å². The van der Waals surface area contributed by atoms with Crippen LogP contribution in [0.2, 0.25) is 5.02 Å². The summed E-state index contributed by atoms with van der Waals surface area (Å²) in [5, 5.41) is 4.57. The summed E-state index contributed by atoms with van der Waals surface area (Å²) < 4.78 is 2.36. The molecule has 0 N–H and O–H groups in total. The maximum atomic E-state index is 12.0. The van der Waals surface area contributed by atoms with E-state index in [0.29, 0.717) is 16.3 Å². The number of benzene rings is 1. The number of ketones is 1. The molecule has 0 aliphatic carbocycles. The van der Waals surface area contributed by atoms with Crippen LogP contribution >= 0.6 is 27.5 Å². The molecule has 0 radical (unpaired) electrons. The van der Waals surface area contributed by atoms with Gasteiger partial charge in [0.25, 0.3) is 0 Å². The molecule has 0 spiro atoms. The van der Waals surface area contributed by atoms with E-state index in [1.165, 1.54) is 0 Å². The molecule has 0 bridgehead atoms. The number of halogens is 2. The number of carbonyl (C=O) groups is 1. The summed E-state index contributed by atoms with van der Waals surface area (Å²) in [6.45, 7) is 0. The molecular weight excluding hydrogens is 291 g/mol. The highest BCUT2D eigenvalue weighted by molar-refractivity contribution is 9.10. The van der Waals surface area contributed by atoms with Crippen molar-refractivity contribution in [3.8, 4) is 0 Å². The first-order chi connectivity index (χ1) is 7.58. The first-order valence-corrected chi connectivity index (χ1v) is 5.74. The van der Waals surface area contributed by atoms with Gasteiger partial charge in [-0.15, -0.1) is 0 Å². The summed E-state index contributed by atoms with van der Waals surface area (Å²) in [5.74, 6) is -0.130. The molecule has 0 amide bonds. The molecule has 0 fully saturated rings. The van der Waals surface area contributed by atoms with E-state index in [0.717, 1.165) is 4.47 Å². The number of rotatable bonds is 2. The standard InChI is InChI=1S/C11H8BrClN2O/c1-15-5-4-10(14-15)11(16)7-2-3-8(12)9(13)6-7/h2-6H,1H3. The summed E-state index contributed by atoms with van der Waals surface area (Å²) in [6, 6.07) is 6.77. The van der Waals surface area contributed by atoms with Gasteiger partial charge < -0.3 is 0 Å². The molecule has 16 heavy (non-hydrogen) atoms. The van der Waals surface area contributed by atoms with Crippen molar-refractivity contribution in [2.75, 3.05) is 0 Å². The quantitative estimate of drug-likeness (QED) is 0.799. The van der Waals surface area contributed by atoms with Gasteiger partial charge in [-0.3, -0.25) is 9.48 Å². The number of aryl methyl sites for hydroxylation is 1. The minimum Gasteiger partial charge on any atom is -0.287 e. The van der Waals surface area contributed by atoms with Crippen molar-refractivity contribution in [2.45, 2.75) is 0 Å². The van der Waals surface area contributed by atoms with Crippen molar-refractivity contribution < 1.29 is 4.79 Å². The van der Waals surface area contributed by atoms with E-state index in [4.69, 9.17) is 11.6 Å². The lowest BCUT2D eigenvalue weighted by Crippen LogP contribution is -2.03. The molecular formula is C11H8BrClN2O. The second-order valence-corrected chi connectivity index (χ2v) is 4.59. The van der Waals surface area contributed by atoms with E-state index in [1.54, 1.807) is 42.2 Å². The largest absolute Gasteiger partial charge is 0.287 e. The fourth-order valence-corrected chi connectivity index (χ4v) is 1.75. The van der Waals surface area contributed by atoms with Gasteiger partial charge in [-0.2, -0.15) is 5.10 Å². The highest BCUT2D eigenvalue weighted by Gasteiger charge is 2.12. The van der Waals surface area contributed by atoms with Crippen molar-refractivity contribution in [3.05, 3.63) is 51.2 Å². The number of carbonyl (C=O) groups excluding carboxylic acids is 1. The average molecular weight is 300 g/mol. The summed E-state index contributed by atoms with van der Waals surface area (Å²) in [4.78, 5) is 12.0. The second kappa shape index (κ2) is 4.39. The molecule has 2 rings (SSSR count). The van der Waals surface area contributed by atoms with Gasteiger partial charge in [-0.25, -0.2) is 0 Å². The van der Waals surface area contributed by atoms with Crippen molar-refractivity contribution in [3.63, 3.8) is 0 Å². The summed E-state index contributed by atoms with van der Waals surface area (Å²) in [7, 11) is 1.77. The van der Waals surface area contributed by atoms with E-state index in [1.807, 2.05) is 0 Å². The van der Waals surface area contributed by atoms with Crippen molar-refractivity contribution in [2.24, 2.45) is 7.05 Å². The van der Waals surface area contributed by atoms with Crippen molar-refractivity contribution in [1.29, 1.82) is 0 Å². The SMILES string of the molecule is Cn1ccc(C(=O)c2ccc(Br)c(Cl)c2)n1. The zero-order valence-corrected chi connectivity index (χ0v) is 10.8. The lowest BCUT2D eigenvalue weighted by molar-refractivity contribution is 0.103. The van der Waals surface area contributed by atoms with Crippen LogP contribution in [0.1, 0.15) is 16.1 Å². The maximum absolute atomic E-state index is 12.0. The number of nitrogens with zero attached hydrogens (tertiary/aromatic N) is 2. The molecule has 3 nitrogen and oxygen atoms in total. The van der Waals surface area contributed by atoms with Gasteiger partial charge in [0.2, 0.25) is 5.78 Å². The second-order valence-electron chi connectivity index (χ2n) is 3.33. The molecule has 0 aliphatic heterocycles. The molecule has 82 valence electrons. The normalized spacial score (nSPS) is 10.4. The van der Waals surface area contributed by atoms with E-state index in [-0.39, 0.29) is 5.78 Å². The molecule has 0 aliphatic rings. The molecule has 1 aromatic carbocycles. The third-order valence-corrected chi connectivity index (χ3v) is 3.36. The highest BCUT2D eigenvalue weighted by Crippen LogP contribution is 2.24. The first-order valence-electron chi connectivity index (χ1n) is 4.57. The lowest BCUT2D eigenvalue weighted by Gasteiger charge is -2.00. The fraction of sp³-hybridized carbons (Fsp3) is 0.0909. The third kappa shape index (κ3) is 2.18. The Labute approximate surface area is 106 Å². The van der Waals surface area contributed by atoms with Crippen LogP contribution in [0.3, 0.4) is 0 Å². The van der Waals surface area contributed by atoms with Crippen LogP contribution in [0.25, 0.3) is 0 Å². The number of hydrogen-bond donors (Lipinski definition) is 0. The van der Waals surface area contributed by atoms with E-state index in [2.05, 4.69) is 21.0 Å². The monoisotopic (exact) mass is 298 g/mol. The predicted octanol–water partition coefficient (Wildman–Crippen LogP) is 3.07. The summed E-state index contributed by atoms with van der Waals surface area (Å²) in [6.07, 6.45) is 1.73. The van der Waals surface area contributed by atoms with Crippen molar-refractivity contribution >= 4 is 33.3 Å². The third-order valence-electron chi connectivity index (χ3n) is 2.13. The van der Waals surface area contributed by atoms with Gasteiger partial charge in [0.05, 0.1) is 5.02 Å². The van der Waals surface area contributed by atoms with Crippen LogP contribution in [0.15, 0.2) is 34.9 Å². The Hall–Kier alpha value is -1.13. The molecule has 1 aromatic heterocycles. The zero-order valence-electron chi connectivity index (χ0n) is 8.45. The van der Waals surface area contributed by atoms with Gasteiger partial charge in [-0.05, 0) is 40.2 Å². The Bertz CT molecular complexity index is 551. The Morgan fingerprint density at radius 2 is 2.19 bits per heavy atom. The average Bonchev–Trinajstić information content (AvgIpc) is 2.68. The molecule has 5 heteroatoms. The van der Waals surface area contributed by atoms with Gasteiger partial charge in [0, 0.05) is 23.3 Å². The Balaban J connectivity index is 2.38. The van der Waals surface area contributed by atoms with Gasteiger partial charge in [0.1, 0.15) is 5.69 Å². The molecule has 0 unspecified atom stereocenters. The Morgan fingerprint density at radius 3 is 2.75 bits per heavy atom. The smallest absolute Gasteiger partial charge is 0.213 e. The fourth-order valence-electron chi connectivity index (χ4n) is 1.32. The van der Waals surface area contributed by atoms with E-state index < -0.39 is 0 Å². The highest BCUT2D eigenvalue weighted by atomic mass is 79.9. The zero-order chi connectivity index (χ0) is 11.7. The van der Waals surface area contributed by atoms with Crippen molar-refractivity contribution in [1.82, 2.24) is 9.78 Å². The Kier molecular flexibility index (Phi) is 3.12. The summed E-state index contributed by atoms with van der Waals surface area (Å²) >= 11 is 9.20. The summed E-state index contributed by atoms with van der Waals surface area (Å²) in [5.41, 5.74) is 0.952. The number of hydrogen-bond acceptors (Lipinski definition) is 2. The topological polar surface area (TPSA) is 34.9 Å². The minimum atomic E-state index is -0.130. The van der Waals surface area contributed by atoms with Crippen LogP contribution in [-0.2, 0) is 7.05 Å². The molecule has 0 saturated heterocycles. The first kappa shape index (κ1) is 11.4. The molecule has 1 heterocycles. The predicted molar refractivity (Wildman–Crippen MR) is 65.8 cm³/mol. The van der Waals surface area contributed by atoms with Gasteiger partial charge in [-0.1, -0.05) is 11.6 Å².